The number of hydrogen-bond acceptors (Lipinski definition) is 7. The number of unbranched alkanes of at least 4 members (excludes halogenated alkanes) is 5. The minimum absolute atomic E-state index is 0.00629. The van der Waals surface area contributed by atoms with Gasteiger partial charge in [0.25, 0.3) is 0 Å². The summed E-state index contributed by atoms with van der Waals surface area (Å²) in [7, 11) is 1.47. The van der Waals surface area contributed by atoms with Crippen molar-refractivity contribution >= 4 is 17.4 Å². The fourth-order valence-corrected chi connectivity index (χ4v) is 2.31. The molecule has 0 radical (unpaired) electrons. The lowest BCUT2D eigenvalue weighted by Gasteiger charge is -2.23. The van der Waals surface area contributed by atoms with Gasteiger partial charge in [-0.2, -0.15) is 0 Å². The van der Waals surface area contributed by atoms with Gasteiger partial charge in [0, 0.05) is 7.05 Å². The summed E-state index contributed by atoms with van der Waals surface area (Å²) < 4.78 is 5.15. The molecule has 2 N–H and O–H groups in total. The fraction of sp³-hybridized carbons (Fsp3) is 0.500. The van der Waals surface area contributed by atoms with Crippen LogP contribution in [0.15, 0.2) is 30.0 Å². The van der Waals surface area contributed by atoms with Crippen molar-refractivity contribution in [3.63, 3.8) is 0 Å². The number of carbonyl (C=O) groups excluding carboxylic acids is 1. The Balaban J connectivity index is 2.59. The Labute approximate surface area is 148 Å². The molecule has 1 aromatic carbocycles. The van der Waals surface area contributed by atoms with Crippen LogP contribution in [0.4, 0.5) is 5.69 Å². The largest absolute Gasteiger partial charge is 0.870 e. The average Bonchev–Trinajstić information content (AvgIpc) is 2.61. The standard InChI is InChI=1S/C18H27N2O5/c1-3-4-5-6-7-8-13-25-18(22)16(19-2)17(21)14-9-11-15(12-10-14)20(23)24/h9-12,19,21,23H,3-8,13H2,1-2H3/q-1/p-1/b17-16+. The Morgan fingerprint density at radius 2 is 1.76 bits per heavy atom. The van der Waals surface area contributed by atoms with Crippen LogP contribution in [0.1, 0.15) is 51.0 Å². The summed E-state index contributed by atoms with van der Waals surface area (Å²) in [5.41, 5.74) is 0.0429. The maximum Gasteiger partial charge on any atom is 0.353 e. The number of ether oxygens (including phenoxy) is 1. The zero-order valence-electron chi connectivity index (χ0n) is 14.8. The van der Waals surface area contributed by atoms with Crippen LogP contribution < -0.4 is 15.6 Å². The van der Waals surface area contributed by atoms with Crippen molar-refractivity contribution in [3.05, 3.63) is 40.7 Å². The first kappa shape index (κ1) is 20.8. The van der Waals surface area contributed by atoms with Gasteiger partial charge in [0.1, 0.15) is 5.70 Å². The molecule has 7 nitrogen and oxygen atoms in total. The molecule has 0 aliphatic heterocycles. The third-order valence-corrected chi connectivity index (χ3v) is 3.76. The molecule has 0 saturated heterocycles. The summed E-state index contributed by atoms with van der Waals surface area (Å²) in [4.78, 5) is 12.1. The number of anilines is 1. The molecule has 0 amide bonds. The molecule has 7 heteroatoms. The molecule has 1 aromatic rings. The number of hydrogen-bond donors (Lipinski definition) is 2. The van der Waals surface area contributed by atoms with Crippen LogP contribution in [0.25, 0.3) is 5.76 Å². The van der Waals surface area contributed by atoms with Crippen molar-refractivity contribution in [1.82, 2.24) is 5.32 Å². The Bertz CT molecular complexity index is 555. The molecule has 25 heavy (non-hydrogen) atoms. The van der Waals surface area contributed by atoms with Gasteiger partial charge < -0.3 is 25.6 Å². The predicted octanol–water partition coefficient (Wildman–Crippen LogP) is 2.53. The summed E-state index contributed by atoms with van der Waals surface area (Å²) in [6.07, 6.45) is 6.45. The highest BCUT2D eigenvalue weighted by atomic mass is 16.8. The van der Waals surface area contributed by atoms with Gasteiger partial charge in [0.2, 0.25) is 0 Å². The van der Waals surface area contributed by atoms with E-state index >= 15 is 0 Å². The van der Waals surface area contributed by atoms with Gasteiger partial charge in [0.15, 0.2) is 0 Å². The third kappa shape index (κ3) is 7.03. The fourth-order valence-electron chi connectivity index (χ4n) is 2.31. The molecular formula is C18H26N2O5-2. The number of benzene rings is 1. The van der Waals surface area contributed by atoms with Crippen molar-refractivity contribution in [2.75, 3.05) is 18.9 Å². The molecule has 140 valence electrons. The van der Waals surface area contributed by atoms with E-state index in [0.29, 0.717) is 0 Å². The topological polar surface area (TPSA) is 108 Å². The number of carbonyl (C=O) groups is 1. The van der Waals surface area contributed by atoms with Crippen LogP contribution in [0.5, 0.6) is 0 Å². The highest BCUT2D eigenvalue weighted by Gasteiger charge is 2.11. The van der Waals surface area contributed by atoms with E-state index in [1.165, 1.54) is 50.6 Å². The van der Waals surface area contributed by atoms with Gasteiger partial charge in [-0.05, 0) is 24.1 Å². The Morgan fingerprint density at radius 3 is 2.32 bits per heavy atom. The predicted molar refractivity (Wildman–Crippen MR) is 94.4 cm³/mol. The molecule has 0 aliphatic rings. The smallest absolute Gasteiger partial charge is 0.353 e. The first-order valence-electron chi connectivity index (χ1n) is 8.54. The van der Waals surface area contributed by atoms with E-state index in [1.807, 2.05) is 0 Å². The minimum Gasteiger partial charge on any atom is -0.870 e. The van der Waals surface area contributed by atoms with Crippen molar-refractivity contribution in [3.8, 4) is 0 Å². The number of rotatable bonds is 11. The maximum atomic E-state index is 12.4. The molecule has 0 atom stereocenters. The second-order valence-corrected chi connectivity index (χ2v) is 5.68. The summed E-state index contributed by atoms with van der Waals surface area (Å²) in [6, 6.07) is 5.29. The van der Waals surface area contributed by atoms with Crippen LogP contribution >= 0.6 is 0 Å². The Hall–Kier alpha value is -2.25. The Morgan fingerprint density at radius 1 is 1.16 bits per heavy atom. The Kier molecular flexibility index (Phi) is 9.42. The zero-order chi connectivity index (χ0) is 18.7. The number of nitrogens with one attached hydrogen (secondary N) is 1. The second kappa shape index (κ2) is 11.3. The van der Waals surface area contributed by atoms with E-state index in [-0.39, 0.29) is 28.8 Å². The summed E-state index contributed by atoms with van der Waals surface area (Å²) >= 11 is 0. The lowest BCUT2D eigenvalue weighted by Crippen LogP contribution is -2.25. The molecule has 0 heterocycles. The lowest BCUT2D eigenvalue weighted by molar-refractivity contribution is -0.245. The average molecular weight is 350 g/mol. The maximum absolute atomic E-state index is 12.4. The van der Waals surface area contributed by atoms with Gasteiger partial charge in [-0.15, -0.1) is 0 Å². The second-order valence-electron chi connectivity index (χ2n) is 5.68. The van der Waals surface area contributed by atoms with Crippen molar-refractivity contribution in [2.45, 2.75) is 45.4 Å². The minimum atomic E-state index is -0.697. The normalized spacial score (nSPS) is 11.7. The van der Waals surface area contributed by atoms with Crippen molar-refractivity contribution in [1.29, 1.82) is 0 Å². The molecule has 0 aromatic heterocycles. The van der Waals surface area contributed by atoms with Crippen LogP contribution in [-0.4, -0.2) is 24.8 Å². The molecule has 0 spiro atoms. The SMILES string of the molecule is CCCCCCCCOC(=O)/C(NC)=C(\[O-])c1ccc(N([O-])O)cc1. The van der Waals surface area contributed by atoms with E-state index < -0.39 is 11.7 Å². The van der Waals surface area contributed by atoms with Gasteiger partial charge in [-0.25, -0.2) is 4.79 Å². The summed E-state index contributed by atoms with van der Waals surface area (Å²) in [6.45, 7) is 2.43. The van der Waals surface area contributed by atoms with Gasteiger partial charge in [-0.3, -0.25) is 5.21 Å². The zero-order valence-corrected chi connectivity index (χ0v) is 14.8. The van der Waals surface area contributed by atoms with E-state index in [1.54, 1.807) is 0 Å². The summed E-state index contributed by atoms with van der Waals surface area (Å²) in [5.74, 6) is -1.23. The van der Waals surface area contributed by atoms with Crippen LogP contribution in [0, 0.1) is 5.21 Å². The van der Waals surface area contributed by atoms with E-state index in [2.05, 4.69) is 12.2 Å². The molecule has 1 rings (SSSR count). The number of nitrogens with zero attached hydrogens (tertiary/aromatic N) is 1. The molecule has 0 unspecified atom stereocenters. The van der Waals surface area contributed by atoms with Crippen LogP contribution in [0.3, 0.4) is 0 Å². The van der Waals surface area contributed by atoms with Crippen LogP contribution in [0.2, 0.25) is 0 Å². The molecule has 0 aliphatic carbocycles. The highest BCUT2D eigenvalue weighted by molar-refractivity contribution is 5.94. The first-order valence-corrected chi connectivity index (χ1v) is 8.54. The van der Waals surface area contributed by atoms with Gasteiger partial charge >= 0.3 is 5.97 Å². The number of likely N-dealkylation sites (N-methyl/N-ethyl adjacent to an activating group) is 1. The molecule has 0 saturated carbocycles. The first-order chi connectivity index (χ1) is 12.0. The molecular weight excluding hydrogens is 324 g/mol. The molecule has 0 fully saturated rings. The van der Waals surface area contributed by atoms with Crippen molar-refractivity contribution < 1.29 is 19.8 Å². The summed E-state index contributed by atoms with van der Waals surface area (Å²) in [5, 5.41) is 34.2. The van der Waals surface area contributed by atoms with Gasteiger partial charge in [0.05, 0.1) is 12.3 Å². The van der Waals surface area contributed by atoms with Gasteiger partial charge in [-0.1, -0.05) is 56.9 Å². The quantitative estimate of drug-likeness (QED) is 0.207. The van der Waals surface area contributed by atoms with Crippen LogP contribution in [-0.2, 0) is 9.53 Å². The molecule has 0 bridgehead atoms. The van der Waals surface area contributed by atoms with Crippen molar-refractivity contribution in [2.24, 2.45) is 0 Å². The number of esters is 1. The monoisotopic (exact) mass is 350 g/mol. The lowest BCUT2D eigenvalue weighted by atomic mass is 10.1. The third-order valence-electron chi connectivity index (χ3n) is 3.76. The van der Waals surface area contributed by atoms with E-state index in [0.717, 1.165) is 19.3 Å². The highest BCUT2D eigenvalue weighted by Crippen LogP contribution is 2.18. The van der Waals surface area contributed by atoms with E-state index in [4.69, 9.17) is 9.94 Å². The van der Waals surface area contributed by atoms with E-state index in [9.17, 15) is 15.1 Å².